The average molecular weight is 160 g/mol. The zero-order valence-electron chi connectivity index (χ0n) is 7.12. The van der Waals surface area contributed by atoms with Gasteiger partial charge in [-0.25, -0.2) is 0 Å². The molecule has 0 radical (unpaired) electrons. The molecular weight excluding hydrogens is 148 g/mol. The zero-order chi connectivity index (χ0) is 8.81. The lowest BCUT2D eigenvalue weighted by Gasteiger charge is -2.11. The second-order valence-electron chi connectivity index (χ2n) is 2.61. The van der Waals surface area contributed by atoms with Gasteiger partial charge in [-0.3, -0.25) is 0 Å². The lowest BCUT2D eigenvalue weighted by molar-refractivity contribution is 0.608. The molecule has 0 bridgehead atoms. The molecule has 0 aromatic heterocycles. The van der Waals surface area contributed by atoms with E-state index in [1.165, 1.54) is 5.56 Å². The first-order valence-corrected chi connectivity index (χ1v) is 3.97. The number of rotatable bonds is 3. The number of nitrogens with zero attached hydrogens (tertiary/aromatic N) is 1. The number of nitrogens with one attached hydrogen (secondary N) is 1. The van der Waals surface area contributed by atoms with E-state index >= 15 is 0 Å². The van der Waals surface area contributed by atoms with E-state index in [9.17, 15) is 0 Å². The normalized spacial score (nSPS) is 12.0. The van der Waals surface area contributed by atoms with E-state index in [2.05, 4.69) is 11.4 Å². The summed E-state index contributed by atoms with van der Waals surface area (Å²) >= 11 is 0. The molecule has 1 aromatic carbocycles. The van der Waals surface area contributed by atoms with Crippen molar-refractivity contribution in [1.29, 1.82) is 5.26 Å². The highest BCUT2D eigenvalue weighted by Crippen LogP contribution is 2.14. The quantitative estimate of drug-likeness (QED) is 0.732. The minimum absolute atomic E-state index is 0.163. The number of hydrogen-bond acceptors (Lipinski definition) is 2. The Kier molecular flexibility index (Phi) is 3.31. The van der Waals surface area contributed by atoms with Crippen molar-refractivity contribution in [2.45, 2.75) is 12.5 Å². The van der Waals surface area contributed by atoms with Crippen LogP contribution in [0.4, 0.5) is 0 Å². The molecule has 62 valence electrons. The molecule has 1 aromatic rings. The van der Waals surface area contributed by atoms with Crippen molar-refractivity contribution in [2.24, 2.45) is 0 Å². The van der Waals surface area contributed by atoms with E-state index in [1.54, 1.807) is 0 Å². The molecule has 1 N–H and O–H groups in total. The third kappa shape index (κ3) is 2.08. The third-order valence-corrected chi connectivity index (χ3v) is 1.85. The fourth-order valence-electron chi connectivity index (χ4n) is 1.16. The maximum Gasteiger partial charge on any atom is 0.0641 e. The molecule has 2 nitrogen and oxygen atoms in total. The summed E-state index contributed by atoms with van der Waals surface area (Å²) in [5, 5.41) is 11.6. The molecule has 1 rings (SSSR count). The lowest BCUT2D eigenvalue weighted by atomic mass is 10.1. The van der Waals surface area contributed by atoms with Gasteiger partial charge in [0.15, 0.2) is 0 Å². The monoisotopic (exact) mass is 160 g/mol. The van der Waals surface area contributed by atoms with Crippen LogP contribution in [0.3, 0.4) is 0 Å². The number of hydrogen-bond donors (Lipinski definition) is 1. The van der Waals surface area contributed by atoms with E-state index in [1.807, 2.05) is 37.4 Å². The van der Waals surface area contributed by atoms with Gasteiger partial charge in [0.25, 0.3) is 0 Å². The Bertz CT molecular complexity index is 261. The topological polar surface area (TPSA) is 35.8 Å². The van der Waals surface area contributed by atoms with E-state index in [0.29, 0.717) is 6.42 Å². The molecule has 2 heteroatoms. The van der Waals surface area contributed by atoms with Gasteiger partial charge in [0, 0.05) is 6.04 Å². The summed E-state index contributed by atoms with van der Waals surface area (Å²) in [5.74, 6) is 0. The standard InChI is InChI=1S/C10H12N2/c1-12-10(7-8-11)9-5-3-2-4-6-9/h2-6,10,12H,7H2,1H3. The molecule has 1 atom stereocenters. The maximum atomic E-state index is 8.54. The predicted molar refractivity (Wildman–Crippen MR) is 48.5 cm³/mol. The van der Waals surface area contributed by atoms with Crippen molar-refractivity contribution in [3.8, 4) is 6.07 Å². The van der Waals surface area contributed by atoms with Gasteiger partial charge in [0.05, 0.1) is 12.5 Å². The fraction of sp³-hybridized carbons (Fsp3) is 0.300. The van der Waals surface area contributed by atoms with E-state index in [4.69, 9.17) is 5.26 Å². The van der Waals surface area contributed by atoms with Crippen LogP contribution in [-0.4, -0.2) is 7.05 Å². The first kappa shape index (κ1) is 8.76. The van der Waals surface area contributed by atoms with Crippen LogP contribution >= 0.6 is 0 Å². The molecule has 0 aliphatic carbocycles. The molecule has 0 fully saturated rings. The summed E-state index contributed by atoms with van der Waals surface area (Å²) in [4.78, 5) is 0. The molecule has 12 heavy (non-hydrogen) atoms. The third-order valence-electron chi connectivity index (χ3n) is 1.85. The SMILES string of the molecule is CNC(CC#N)c1ccccc1. The summed E-state index contributed by atoms with van der Waals surface area (Å²) in [5.41, 5.74) is 1.17. The summed E-state index contributed by atoms with van der Waals surface area (Å²) in [6.07, 6.45) is 0.514. The van der Waals surface area contributed by atoms with Crippen LogP contribution in [0.1, 0.15) is 18.0 Å². The van der Waals surface area contributed by atoms with E-state index in [0.717, 1.165) is 0 Å². The molecule has 0 spiro atoms. The summed E-state index contributed by atoms with van der Waals surface area (Å²) in [6.45, 7) is 0. The van der Waals surface area contributed by atoms with Gasteiger partial charge < -0.3 is 5.32 Å². The largest absolute Gasteiger partial charge is 0.312 e. The molecular formula is C10H12N2. The van der Waals surface area contributed by atoms with Crippen molar-refractivity contribution < 1.29 is 0 Å². The number of nitriles is 1. The predicted octanol–water partition coefficient (Wildman–Crippen LogP) is 1.86. The first-order chi connectivity index (χ1) is 5.88. The van der Waals surface area contributed by atoms with Gasteiger partial charge in [-0.05, 0) is 12.6 Å². The van der Waals surface area contributed by atoms with Gasteiger partial charge in [-0.2, -0.15) is 5.26 Å². The highest BCUT2D eigenvalue weighted by molar-refractivity contribution is 5.19. The van der Waals surface area contributed by atoms with Crippen LogP contribution in [0.15, 0.2) is 30.3 Å². The molecule has 0 saturated carbocycles. The molecule has 0 aliphatic rings. The Balaban J connectivity index is 2.75. The van der Waals surface area contributed by atoms with Gasteiger partial charge in [-0.1, -0.05) is 30.3 Å². The van der Waals surface area contributed by atoms with Gasteiger partial charge in [-0.15, -0.1) is 0 Å². The smallest absolute Gasteiger partial charge is 0.0641 e. The van der Waals surface area contributed by atoms with Gasteiger partial charge >= 0.3 is 0 Å². The van der Waals surface area contributed by atoms with Crippen molar-refractivity contribution in [1.82, 2.24) is 5.32 Å². The van der Waals surface area contributed by atoms with Crippen LogP contribution in [0.5, 0.6) is 0 Å². The van der Waals surface area contributed by atoms with Gasteiger partial charge in [0.2, 0.25) is 0 Å². The summed E-state index contributed by atoms with van der Waals surface area (Å²) in [7, 11) is 1.87. The molecule has 0 amide bonds. The van der Waals surface area contributed by atoms with Gasteiger partial charge in [0.1, 0.15) is 0 Å². The average Bonchev–Trinajstić information content (AvgIpc) is 2.15. The Morgan fingerprint density at radius 3 is 2.58 bits per heavy atom. The zero-order valence-corrected chi connectivity index (χ0v) is 7.12. The lowest BCUT2D eigenvalue weighted by Crippen LogP contribution is -2.15. The Labute approximate surface area is 72.8 Å². The van der Waals surface area contributed by atoms with Crippen LogP contribution in [-0.2, 0) is 0 Å². The molecule has 0 aliphatic heterocycles. The van der Waals surface area contributed by atoms with Crippen molar-refractivity contribution >= 4 is 0 Å². The molecule has 0 saturated heterocycles. The van der Waals surface area contributed by atoms with Crippen molar-refractivity contribution in [2.75, 3.05) is 7.05 Å². The molecule has 1 unspecified atom stereocenters. The summed E-state index contributed by atoms with van der Waals surface area (Å²) < 4.78 is 0. The fourth-order valence-corrected chi connectivity index (χ4v) is 1.16. The highest BCUT2D eigenvalue weighted by Gasteiger charge is 2.06. The second kappa shape index (κ2) is 4.53. The minimum atomic E-state index is 0.163. The Morgan fingerprint density at radius 2 is 2.08 bits per heavy atom. The van der Waals surface area contributed by atoms with Crippen molar-refractivity contribution in [3.63, 3.8) is 0 Å². The summed E-state index contributed by atoms with van der Waals surface area (Å²) in [6, 6.07) is 12.3. The second-order valence-corrected chi connectivity index (χ2v) is 2.61. The van der Waals surface area contributed by atoms with E-state index < -0.39 is 0 Å². The molecule has 0 heterocycles. The number of benzene rings is 1. The first-order valence-electron chi connectivity index (χ1n) is 3.97. The maximum absolute atomic E-state index is 8.54. The Hall–Kier alpha value is -1.33. The van der Waals surface area contributed by atoms with Crippen LogP contribution in [0, 0.1) is 11.3 Å². The Morgan fingerprint density at radius 1 is 1.42 bits per heavy atom. The van der Waals surface area contributed by atoms with Crippen LogP contribution < -0.4 is 5.32 Å². The van der Waals surface area contributed by atoms with Crippen LogP contribution in [0.2, 0.25) is 0 Å². The van der Waals surface area contributed by atoms with E-state index in [-0.39, 0.29) is 6.04 Å². The highest BCUT2D eigenvalue weighted by atomic mass is 14.9. The van der Waals surface area contributed by atoms with Crippen LogP contribution in [0.25, 0.3) is 0 Å². The van der Waals surface area contributed by atoms with Crippen molar-refractivity contribution in [3.05, 3.63) is 35.9 Å². The minimum Gasteiger partial charge on any atom is -0.312 e.